The third-order valence-electron chi connectivity index (χ3n) is 1.49. The fourth-order valence-electron chi connectivity index (χ4n) is 1.00. The van der Waals surface area contributed by atoms with E-state index in [1.54, 1.807) is 0 Å². The lowest BCUT2D eigenvalue weighted by molar-refractivity contribution is 0.647. The van der Waals surface area contributed by atoms with E-state index in [4.69, 9.17) is 0 Å². The van der Waals surface area contributed by atoms with Crippen molar-refractivity contribution in [3.63, 3.8) is 0 Å². The molecule has 1 aliphatic heterocycles. The fraction of sp³-hybridized carbons (Fsp3) is 0.833. The Morgan fingerprint density at radius 1 is 1.75 bits per heavy atom. The Balaban J connectivity index is 2.32. The van der Waals surface area contributed by atoms with Gasteiger partial charge in [-0.2, -0.15) is 0 Å². The molecule has 0 aromatic rings. The molecule has 0 aromatic heterocycles. The maximum Gasteiger partial charge on any atom is 0.0477 e. The molecule has 1 nitrogen and oxygen atoms in total. The molecule has 0 aliphatic carbocycles. The van der Waals surface area contributed by atoms with Crippen LogP contribution in [0.2, 0.25) is 0 Å². The van der Waals surface area contributed by atoms with Gasteiger partial charge in [-0.3, -0.25) is 0 Å². The van der Waals surface area contributed by atoms with Gasteiger partial charge in [-0.25, -0.2) is 0 Å². The summed E-state index contributed by atoms with van der Waals surface area (Å²) in [5, 5.41) is 6.01. The van der Waals surface area contributed by atoms with Crippen LogP contribution in [0.4, 0.5) is 0 Å². The van der Waals surface area contributed by atoms with Crippen molar-refractivity contribution in [2.45, 2.75) is 19.4 Å². The Hall–Kier alpha value is 0.0500. The zero-order chi connectivity index (χ0) is 5.98. The molecule has 0 spiro atoms. The normalized spacial score (nSPS) is 37.6. The minimum absolute atomic E-state index is 0.389. The first-order valence-corrected chi connectivity index (χ1v) is 3.35. The SMILES string of the molecule is CC1CN[C@H]([C]=S)C1. The van der Waals surface area contributed by atoms with Crippen LogP contribution in [0, 0.1) is 5.92 Å². The molecule has 1 heterocycles. The zero-order valence-electron chi connectivity index (χ0n) is 4.98. The van der Waals surface area contributed by atoms with E-state index in [1.807, 2.05) is 0 Å². The van der Waals surface area contributed by atoms with Gasteiger partial charge >= 0.3 is 0 Å². The van der Waals surface area contributed by atoms with E-state index in [-0.39, 0.29) is 0 Å². The van der Waals surface area contributed by atoms with Crippen LogP contribution in [0.3, 0.4) is 0 Å². The van der Waals surface area contributed by atoms with Crippen LogP contribution >= 0.6 is 12.2 Å². The van der Waals surface area contributed by atoms with Gasteiger partial charge in [0.25, 0.3) is 0 Å². The Morgan fingerprint density at radius 3 is 2.75 bits per heavy atom. The molecule has 45 valence electrons. The third-order valence-corrected chi connectivity index (χ3v) is 1.78. The van der Waals surface area contributed by atoms with E-state index in [2.05, 4.69) is 29.8 Å². The second kappa shape index (κ2) is 2.55. The van der Waals surface area contributed by atoms with Crippen molar-refractivity contribution in [1.82, 2.24) is 5.32 Å². The molecule has 0 bridgehead atoms. The smallest absolute Gasteiger partial charge is 0.0477 e. The highest BCUT2D eigenvalue weighted by atomic mass is 32.1. The monoisotopic (exact) mass is 128 g/mol. The predicted molar refractivity (Wildman–Crippen MR) is 38.2 cm³/mol. The Bertz CT molecular complexity index is 92.5. The van der Waals surface area contributed by atoms with Crippen LogP contribution in [0.15, 0.2) is 0 Å². The first kappa shape index (κ1) is 6.17. The van der Waals surface area contributed by atoms with Gasteiger partial charge in [0.1, 0.15) is 0 Å². The summed E-state index contributed by atoms with van der Waals surface area (Å²) in [6, 6.07) is 0.389. The van der Waals surface area contributed by atoms with Gasteiger partial charge in [-0.15, -0.1) is 0 Å². The summed E-state index contributed by atoms with van der Waals surface area (Å²) >= 11 is 4.65. The van der Waals surface area contributed by atoms with Crippen LogP contribution in [0.25, 0.3) is 0 Å². The summed E-state index contributed by atoms with van der Waals surface area (Å²) in [5.74, 6) is 0.787. The van der Waals surface area contributed by atoms with E-state index in [9.17, 15) is 0 Å². The third kappa shape index (κ3) is 1.26. The molecular formula is C6H10NS. The number of nitrogens with one attached hydrogen (secondary N) is 1. The molecule has 8 heavy (non-hydrogen) atoms. The second-order valence-corrected chi connectivity index (χ2v) is 2.66. The number of rotatable bonds is 1. The standard InChI is InChI=1S/C6H10NS/c1-5-2-6(4-8)7-3-5/h5-7H,2-3H2,1H3/t5?,6-/m0/s1. The zero-order valence-corrected chi connectivity index (χ0v) is 5.79. The topological polar surface area (TPSA) is 12.0 Å². The van der Waals surface area contributed by atoms with E-state index in [1.165, 1.54) is 6.42 Å². The Morgan fingerprint density at radius 2 is 2.50 bits per heavy atom. The van der Waals surface area contributed by atoms with E-state index in [0.717, 1.165) is 12.5 Å². The van der Waals surface area contributed by atoms with E-state index < -0.39 is 0 Å². The first-order valence-electron chi connectivity index (χ1n) is 2.94. The number of hydrogen-bond donors (Lipinski definition) is 1. The first-order chi connectivity index (χ1) is 3.83. The van der Waals surface area contributed by atoms with Crippen LogP contribution in [0.5, 0.6) is 0 Å². The molecule has 1 radical (unpaired) electrons. The van der Waals surface area contributed by atoms with E-state index in [0.29, 0.717) is 6.04 Å². The molecular weight excluding hydrogens is 118 g/mol. The van der Waals surface area contributed by atoms with Crippen molar-refractivity contribution >= 4 is 17.6 Å². The van der Waals surface area contributed by atoms with Crippen molar-refractivity contribution in [2.75, 3.05) is 6.54 Å². The molecule has 0 aromatic carbocycles. The second-order valence-electron chi connectivity index (χ2n) is 2.42. The fourth-order valence-corrected chi connectivity index (χ4v) is 1.18. The molecule has 0 amide bonds. The average Bonchev–Trinajstić information content (AvgIpc) is 2.14. The summed E-state index contributed by atoms with van der Waals surface area (Å²) in [4.78, 5) is 0. The van der Waals surface area contributed by atoms with E-state index >= 15 is 0 Å². The predicted octanol–water partition coefficient (Wildman–Crippen LogP) is 0.861. The van der Waals surface area contributed by atoms with Gasteiger partial charge in [0.15, 0.2) is 0 Å². The Kier molecular flexibility index (Phi) is 1.97. The Labute approximate surface area is 55.5 Å². The molecule has 0 saturated carbocycles. The molecule has 1 N–H and O–H groups in total. The van der Waals surface area contributed by atoms with Crippen molar-refractivity contribution in [2.24, 2.45) is 5.92 Å². The van der Waals surface area contributed by atoms with Crippen LogP contribution < -0.4 is 5.32 Å². The summed E-state index contributed by atoms with van der Waals surface area (Å²) < 4.78 is 0. The van der Waals surface area contributed by atoms with Crippen molar-refractivity contribution in [1.29, 1.82) is 0 Å². The molecule has 1 rings (SSSR count). The van der Waals surface area contributed by atoms with Crippen molar-refractivity contribution in [3.8, 4) is 0 Å². The van der Waals surface area contributed by atoms with Crippen molar-refractivity contribution in [3.05, 3.63) is 0 Å². The van der Waals surface area contributed by atoms with Gasteiger partial charge < -0.3 is 5.32 Å². The lowest BCUT2D eigenvalue weighted by atomic mass is 10.1. The largest absolute Gasteiger partial charge is 0.309 e. The minimum Gasteiger partial charge on any atom is -0.309 e. The molecule has 2 atom stereocenters. The highest BCUT2D eigenvalue weighted by Crippen LogP contribution is 2.10. The average molecular weight is 128 g/mol. The highest BCUT2D eigenvalue weighted by molar-refractivity contribution is 7.79. The maximum atomic E-state index is 4.65. The molecule has 1 fully saturated rings. The van der Waals surface area contributed by atoms with Crippen LogP contribution in [-0.2, 0) is 0 Å². The van der Waals surface area contributed by atoms with Crippen molar-refractivity contribution < 1.29 is 0 Å². The quantitative estimate of drug-likeness (QED) is 0.526. The molecule has 2 heteroatoms. The summed E-state index contributed by atoms with van der Waals surface area (Å²) in [6.07, 6.45) is 1.17. The minimum atomic E-state index is 0.389. The summed E-state index contributed by atoms with van der Waals surface area (Å²) in [7, 11) is 0. The van der Waals surface area contributed by atoms with Gasteiger partial charge in [0, 0.05) is 11.4 Å². The van der Waals surface area contributed by atoms with Gasteiger partial charge in [0.2, 0.25) is 0 Å². The molecule has 1 saturated heterocycles. The number of hydrogen-bond acceptors (Lipinski definition) is 2. The lowest BCUT2D eigenvalue weighted by Crippen LogP contribution is -2.21. The maximum absolute atomic E-state index is 4.65. The lowest BCUT2D eigenvalue weighted by Gasteiger charge is -1.96. The van der Waals surface area contributed by atoms with Crippen LogP contribution in [-0.4, -0.2) is 18.0 Å². The van der Waals surface area contributed by atoms with Gasteiger partial charge in [0.05, 0.1) is 0 Å². The highest BCUT2D eigenvalue weighted by Gasteiger charge is 2.17. The van der Waals surface area contributed by atoms with Gasteiger partial charge in [-0.1, -0.05) is 19.1 Å². The molecule has 1 unspecified atom stereocenters. The number of thiocarbonyl (C=S) groups is 1. The molecule has 1 aliphatic rings. The summed E-state index contributed by atoms with van der Waals surface area (Å²) in [6.45, 7) is 3.33. The van der Waals surface area contributed by atoms with Crippen LogP contribution in [0.1, 0.15) is 13.3 Å². The summed E-state index contributed by atoms with van der Waals surface area (Å²) in [5.41, 5.74) is 0. The van der Waals surface area contributed by atoms with Gasteiger partial charge in [-0.05, 0) is 18.9 Å².